The molecule has 1 amide bonds. The largest absolute Gasteiger partial charge is 0.416 e. The maximum Gasteiger partial charge on any atom is 0.416 e. The second-order valence-corrected chi connectivity index (χ2v) is 4.09. The zero-order chi connectivity index (χ0) is 14.0. The highest BCUT2D eigenvalue weighted by Crippen LogP contribution is 2.30. The zero-order valence-electron chi connectivity index (χ0n) is 10.1. The fraction of sp³-hybridized carbons (Fsp3) is 0.417. The van der Waals surface area contributed by atoms with Crippen molar-refractivity contribution in [3.63, 3.8) is 0 Å². The Morgan fingerprint density at radius 3 is 2.00 bits per heavy atom. The smallest absolute Gasteiger partial charge is 0.368 e. The summed E-state index contributed by atoms with van der Waals surface area (Å²) in [7, 11) is 0. The average molecular weight is 260 g/mol. The first-order chi connectivity index (χ1) is 8.21. The molecular formula is C12H15F3N2O. The van der Waals surface area contributed by atoms with Crippen molar-refractivity contribution in [2.45, 2.75) is 25.6 Å². The molecule has 0 aliphatic heterocycles. The summed E-state index contributed by atoms with van der Waals surface area (Å²) >= 11 is 0. The van der Waals surface area contributed by atoms with Gasteiger partial charge in [-0.25, -0.2) is 0 Å². The minimum Gasteiger partial charge on any atom is -0.368 e. The minimum atomic E-state index is -4.39. The molecule has 0 saturated heterocycles. The molecule has 1 rings (SSSR count). The zero-order valence-corrected chi connectivity index (χ0v) is 10.1. The highest BCUT2D eigenvalue weighted by molar-refractivity contribution is 5.85. The van der Waals surface area contributed by atoms with Crippen LogP contribution < -0.4 is 11.1 Å². The molecule has 1 aromatic carbocycles. The molecule has 3 N–H and O–H groups in total. The van der Waals surface area contributed by atoms with Gasteiger partial charge in [-0.05, 0) is 31.2 Å². The van der Waals surface area contributed by atoms with Gasteiger partial charge in [0, 0.05) is 0 Å². The average Bonchev–Trinajstić information content (AvgIpc) is 2.28. The molecule has 0 spiro atoms. The summed E-state index contributed by atoms with van der Waals surface area (Å²) in [5.41, 5.74) is 3.77. The first-order valence-corrected chi connectivity index (χ1v) is 5.44. The van der Waals surface area contributed by atoms with Gasteiger partial charge in [-0.2, -0.15) is 13.2 Å². The van der Waals surface area contributed by atoms with Crippen LogP contribution in [0.5, 0.6) is 0 Å². The summed E-state index contributed by atoms with van der Waals surface area (Å²) in [5.74, 6) is -0.635. The van der Waals surface area contributed by atoms with Crippen LogP contribution in [0.2, 0.25) is 0 Å². The van der Waals surface area contributed by atoms with Gasteiger partial charge in [-0.15, -0.1) is 0 Å². The van der Waals surface area contributed by atoms with Crippen molar-refractivity contribution in [3.05, 3.63) is 35.4 Å². The minimum absolute atomic E-state index is 0.407. The number of nitrogens with one attached hydrogen (secondary N) is 1. The molecule has 0 radical (unpaired) electrons. The Labute approximate surface area is 103 Å². The third kappa shape index (κ3) is 2.81. The van der Waals surface area contributed by atoms with Crippen LogP contribution in [0.15, 0.2) is 24.3 Å². The lowest BCUT2D eigenvalue weighted by Gasteiger charge is -2.27. The van der Waals surface area contributed by atoms with Crippen molar-refractivity contribution >= 4 is 5.91 Å². The van der Waals surface area contributed by atoms with Gasteiger partial charge in [0.2, 0.25) is 5.91 Å². The van der Waals surface area contributed by atoms with Gasteiger partial charge in [0.05, 0.1) is 5.56 Å². The van der Waals surface area contributed by atoms with Gasteiger partial charge in [0.1, 0.15) is 5.54 Å². The topological polar surface area (TPSA) is 55.1 Å². The van der Waals surface area contributed by atoms with Crippen LogP contribution >= 0.6 is 0 Å². The van der Waals surface area contributed by atoms with E-state index >= 15 is 0 Å². The summed E-state index contributed by atoms with van der Waals surface area (Å²) in [6, 6.07) is 4.40. The quantitative estimate of drug-likeness (QED) is 0.870. The number of rotatable bonds is 4. The van der Waals surface area contributed by atoms with Crippen molar-refractivity contribution < 1.29 is 18.0 Å². The molecule has 3 nitrogen and oxygen atoms in total. The Morgan fingerprint density at radius 1 is 1.22 bits per heavy atom. The summed E-state index contributed by atoms with van der Waals surface area (Å²) in [5, 5.41) is 2.88. The first-order valence-electron chi connectivity index (χ1n) is 5.44. The summed E-state index contributed by atoms with van der Waals surface area (Å²) in [6.07, 6.45) is -4.39. The maximum atomic E-state index is 12.4. The van der Waals surface area contributed by atoms with Crippen LogP contribution in [-0.2, 0) is 16.5 Å². The predicted molar refractivity (Wildman–Crippen MR) is 61.7 cm³/mol. The number of carbonyl (C=O) groups is 1. The van der Waals surface area contributed by atoms with Crippen LogP contribution in [0.25, 0.3) is 0 Å². The normalized spacial score (nSPS) is 15.2. The van der Waals surface area contributed by atoms with Crippen molar-refractivity contribution in [2.24, 2.45) is 5.73 Å². The predicted octanol–water partition coefficient (Wildman–Crippen LogP) is 2.02. The molecule has 0 fully saturated rings. The Kier molecular flexibility index (Phi) is 4.01. The standard InChI is InChI=1S/C12H15F3N2O/c1-3-17-11(2,10(16)18)8-4-6-9(7-5-8)12(13,14)15/h4-7,17H,3H2,1-2H3,(H2,16,18). The van der Waals surface area contributed by atoms with E-state index in [1.165, 1.54) is 12.1 Å². The molecule has 0 aliphatic carbocycles. The second kappa shape index (κ2) is 4.97. The number of hydrogen-bond acceptors (Lipinski definition) is 2. The molecule has 0 aliphatic rings. The van der Waals surface area contributed by atoms with E-state index in [-0.39, 0.29) is 0 Å². The van der Waals surface area contributed by atoms with E-state index < -0.39 is 23.2 Å². The number of benzene rings is 1. The van der Waals surface area contributed by atoms with Gasteiger partial charge >= 0.3 is 6.18 Å². The van der Waals surface area contributed by atoms with Crippen molar-refractivity contribution in [1.29, 1.82) is 0 Å². The SMILES string of the molecule is CCNC(C)(C(N)=O)c1ccc(C(F)(F)F)cc1. The second-order valence-electron chi connectivity index (χ2n) is 4.09. The highest BCUT2D eigenvalue weighted by atomic mass is 19.4. The van der Waals surface area contributed by atoms with Gasteiger partial charge < -0.3 is 11.1 Å². The molecule has 1 atom stereocenters. The van der Waals surface area contributed by atoms with Gasteiger partial charge in [0.25, 0.3) is 0 Å². The number of carbonyl (C=O) groups excluding carboxylic acids is 1. The number of amides is 1. The van der Waals surface area contributed by atoms with E-state index in [4.69, 9.17) is 5.73 Å². The summed E-state index contributed by atoms with van der Waals surface area (Å²) < 4.78 is 37.2. The number of alkyl halides is 3. The lowest BCUT2D eigenvalue weighted by atomic mass is 9.90. The third-order valence-electron chi connectivity index (χ3n) is 2.81. The molecule has 0 heterocycles. The molecule has 100 valence electrons. The molecule has 0 saturated carbocycles. The third-order valence-corrected chi connectivity index (χ3v) is 2.81. The van der Waals surface area contributed by atoms with Crippen LogP contribution in [0, 0.1) is 0 Å². The Hall–Kier alpha value is -1.56. The van der Waals surface area contributed by atoms with E-state index in [1.54, 1.807) is 13.8 Å². The van der Waals surface area contributed by atoms with Gasteiger partial charge in [-0.3, -0.25) is 4.79 Å². The Morgan fingerprint density at radius 2 is 1.67 bits per heavy atom. The molecular weight excluding hydrogens is 245 g/mol. The number of likely N-dealkylation sites (N-methyl/N-ethyl adjacent to an activating group) is 1. The Bertz CT molecular complexity index is 428. The summed E-state index contributed by atoms with van der Waals surface area (Å²) in [6.45, 7) is 3.80. The number of halogens is 3. The highest BCUT2D eigenvalue weighted by Gasteiger charge is 2.34. The first kappa shape index (κ1) is 14.5. The molecule has 1 unspecified atom stereocenters. The van der Waals surface area contributed by atoms with Crippen LogP contribution in [0.3, 0.4) is 0 Å². The number of nitrogens with two attached hydrogens (primary N) is 1. The van der Waals surface area contributed by atoms with Crippen molar-refractivity contribution in [2.75, 3.05) is 6.54 Å². The number of hydrogen-bond donors (Lipinski definition) is 2. The van der Waals surface area contributed by atoms with Gasteiger partial charge in [0.15, 0.2) is 0 Å². The lowest BCUT2D eigenvalue weighted by Crippen LogP contribution is -2.50. The van der Waals surface area contributed by atoms with E-state index in [1.807, 2.05) is 0 Å². The van der Waals surface area contributed by atoms with Crippen molar-refractivity contribution in [3.8, 4) is 0 Å². The molecule has 0 aromatic heterocycles. The fourth-order valence-corrected chi connectivity index (χ4v) is 1.68. The van der Waals surface area contributed by atoms with Gasteiger partial charge in [-0.1, -0.05) is 19.1 Å². The maximum absolute atomic E-state index is 12.4. The van der Waals surface area contributed by atoms with Crippen molar-refractivity contribution in [1.82, 2.24) is 5.32 Å². The van der Waals surface area contributed by atoms with E-state index in [2.05, 4.69) is 5.32 Å². The molecule has 0 bridgehead atoms. The Balaban J connectivity index is 3.13. The van der Waals surface area contributed by atoms with E-state index in [9.17, 15) is 18.0 Å². The fourth-order valence-electron chi connectivity index (χ4n) is 1.68. The lowest BCUT2D eigenvalue weighted by molar-refractivity contribution is -0.137. The van der Waals surface area contributed by atoms with E-state index in [0.717, 1.165) is 12.1 Å². The number of primary amides is 1. The van der Waals surface area contributed by atoms with Crippen LogP contribution in [0.1, 0.15) is 25.0 Å². The molecule has 18 heavy (non-hydrogen) atoms. The summed E-state index contributed by atoms with van der Waals surface area (Å²) in [4.78, 5) is 11.4. The van der Waals surface area contributed by atoms with Crippen LogP contribution in [0.4, 0.5) is 13.2 Å². The molecule has 1 aromatic rings. The molecule has 6 heteroatoms. The van der Waals surface area contributed by atoms with E-state index in [0.29, 0.717) is 12.1 Å². The monoisotopic (exact) mass is 260 g/mol. The van der Waals surface area contributed by atoms with Crippen LogP contribution in [-0.4, -0.2) is 12.5 Å².